The molecule has 0 amide bonds. The molecule has 1 N–H and O–H groups in total. The lowest BCUT2D eigenvalue weighted by Crippen LogP contribution is -2.36. The average molecular weight is 245 g/mol. The minimum absolute atomic E-state index is 0.0683. The van der Waals surface area contributed by atoms with E-state index >= 15 is 0 Å². The maximum Gasteiger partial charge on any atom is 0.323 e. The van der Waals surface area contributed by atoms with E-state index in [0.29, 0.717) is 18.4 Å². The van der Waals surface area contributed by atoms with Crippen LogP contribution < -0.4 is 5.32 Å². The summed E-state index contributed by atoms with van der Waals surface area (Å²) in [6.07, 6.45) is 3.70. The average Bonchev–Trinajstić information content (AvgIpc) is 2.99. The van der Waals surface area contributed by atoms with Crippen molar-refractivity contribution in [1.29, 1.82) is 0 Å². The number of benzene rings is 1. The van der Waals surface area contributed by atoms with Gasteiger partial charge in [-0.3, -0.25) is 4.79 Å². The van der Waals surface area contributed by atoms with Crippen LogP contribution in [-0.4, -0.2) is 18.6 Å². The second kappa shape index (κ2) is 5.11. The van der Waals surface area contributed by atoms with E-state index < -0.39 is 0 Å². The first kappa shape index (κ1) is 11.7. The smallest absolute Gasteiger partial charge is 0.323 e. The van der Waals surface area contributed by atoms with E-state index in [0.717, 1.165) is 12.1 Å². The highest BCUT2D eigenvalue weighted by molar-refractivity contribution is 5.76. The maximum absolute atomic E-state index is 12.1. The predicted molar refractivity (Wildman–Crippen MR) is 68.9 cm³/mol. The van der Waals surface area contributed by atoms with Crippen molar-refractivity contribution in [3.8, 4) is 0 Å². The summed E-state index contributed by atoms with van der Waals surface area (Å²) < 4.78 is 5.42. The molecule has 0 spiro atoms. The van der Waals surface area contributed by atoms with Gasteiger partial charge in [-0.2, -0.15) is 0 Å². The van der Waals surface area contributed by atoms with Crippen LogP contribution in [0.25, 0.3) is 0 Å². The standard InChI is InChI=1S/C15H19NO2/c17-15(18-10-11-5-2-1-3-6-11)14-13-8-4-7-12(13)9-16-14/h1-3,5-6,12-14,16H,4,7-10H2. The van der Waals surface area contributed by atoms with Gasteiger partial charge in [-0.1, -0.05) is 36.8 Å². The lowest BCUT2D eigenvalue weighted by molar-refractivity contribution is -0.148. The van der Waals surface area contributed by atoms with E-state index in [4.69, 9.17) is 4.74 Å². The molecule has 2 aliphatic rings. The highest BCUT2D eigenvalue weighted by atomic mass is 16.5. The molecule has 0 radical (unpaired) electrons. The Kier molecular flexibility index (Phi) is 3.33. The SMILES string of the molecule is O=C(OCc1ccccc1)C1NCC2CCCC21. The minimum atomic E-state index is -0.0757. The van der Waals surface area contributed by atoms with Gasteiger partial charge >= 0.3 is 5.97 Å². The molecule has 1 aliphatic heterocycles. The molecule has 3 nitrogen and oxygen atoms in total. The van der Waals surface area contributed by atoms with E-state index in [1.54, 1.807) is 0 Å². The molecule has 1 saturated heterocycles. The van der Waals surface area contributed by atoms with Crippen LogP contribution in [0.2, 0.25) is 0 Å². The van der Waals surface area contributed by atoms with E-state index in [2.05, 4.69) is 5.32 Å². The van der Waals surface area contributed by atoms with Crippen LogP contribution in [0.4, 0.5) is 0 Å². The number of ether oxygens (including phenoxy) is 1. The lowest BCUT2D eigenvalue weighted by atomic mass is 9.94. The van der Waals surface area contributed by atoms with Crippen LogP contribution in [0.1, 0.15) is 24.8 Å². The summed E-state index contributed by atoms with van der Waals surface area (Å²) in [6, 6.07) is 9.78. The zero-order valence-electron chi connectivity index (χ0n) is 10.5. The van der Waals surface area contributed by atoms with Crippen LogP contribution in [0.3, 0.4) is 0 Å². The first-order valence-corrected chi connectivity index (χ1v) is 6.78. The largest absolute Gasteiger partial charge is 0.460 e. The quantitative estimate of drug-likeness (QED) is 0.829. The van der Waals surface area contributed by atoms with Crippen LogP contribution in [0, 0.1) is 11.8 Å². The van der Waals surface area contributed by atoms with Crippen molar-refractivity contribution in [2.45, 2.75) is 31.9 Å². The predicted octanol–water partition coefficient (Wildman–Crippen LogP) is 2.12. The van der Waals surface area contributed by atoms with E-state index in [9.17, 15) is 4.79 Å². The molecular formula is C15H19NO2. The number of nitrogens with one attached hydrogen (secondary N) is 1. The Hall–Kier alpha value is -1.35. The van der Waals surface area contributed by atoms with Crippen molar-refractivity contribution < 1.29 is 9.53 Å². The highest BCUT2D eigenvalue weighted by Gasteiger charge is 2.43. The highest BCUT2D eigenvalue weighted by Crippen LogP contribution is 2.38. The van der Waals surface area contributed by atoms with Gasteiger partial charge in [-0.15, -0.1) is 0 Å². The molecule has 2 fully saturated rings. The fourth-order valence-electron chi connectivity index (χ4n) is 3.26. The molecule has 96 valence electrons. The maximum atomic E-state index is 12.1. The van der Waals surface area contributed by atoms with Crippen molar-refractivity contribution >= 4 is 5.97 Å². The Morgan fingerprint density at radius 2 is 2.11 bits per heavy atom. The first-order chi connectivity index (χ1) is 8.84. The van der Waals surface area contributed by atoms with Crippen molar-refractivity contribution in [2.75, 3.05) is 6.54 Å². The normalized spacial score (nSPS) is 30.1. The van der Waals surface area contributed by atoms with Gasteiger partial charge in [0.2, 0.25) is 0 Å². The fourth-order valence-corrected chi connectivity index (χ4v) is 3.26. The second-order valence-electron chi connectivity index (χ2n) is 5.33. The van der Waals surface area contributed by atoms with Gasteiger partial charge in [0, 0.05) is 0 Å². The number of carbonyl (C=O) groups is 1. The second-order valence-corrected chi connectivity index (χ2v) is 5.33. The number of hydrogen-bond acceptors (Lipinski definition) is 3. The van der Waals surface area contributed by atoms with Crippen molar-refractivity contribution in [3.63, 3.8) is 0 Å². The van der Waals surface area contributed by atoms with Crippen LogP contribution >= 0.6 is 0 Å². The van der Waals surface area contributed by atoms with Crippen molar-refractivity contribution in [1.82, 2.24) is 5.32 Å². The van der Waals surface area contributed by atoms with Crippen LogP contribution in [-0.2, 0) is 16.1 Å². The van der Waals surface area contributed by atoms with E-state index in [-0.39, 0.29) is 12.0 Å². The Morgan fingerprint density at radius 1 is 1.28 bits per heavy atom. The van der Waals surface area contributed by atoms with E-state index in [1.807, 2.05) is 30.3 Å². The molecule has 0 bridgehead atoms. The molecule has 3 atom stereocenters. The van der Waals surface area contributed by atoms with Gasteiger partial charge in [0.25, 0.3) is 0 Å². The third-order valence-electron chi connectivity index (χ3n) is 4.22. The van der Waals surface area contributed by atoms with Crippen LogP contribution in [0.15, 0.2) is 30.3 Å². The van der Waals surface area contributed by atoms with Gasteiger partial charge in [0.1, 0.15) is 12.6 Å². The molecule has 1 saturated carbocycles. The third kappa shape index (κ3) is 2.27. The molecular weight excluding hydrogens is 226 g/mol. The summed E-state index contributed by atoms with van der Waals surface area (Å²) >= 11 is 0. The van der Waals surface area contributed by atoms with Gasteiger partial charge in [0.05, 0.1) is 0 Å². The summed E-state index contributed by atoms with van der Waals surface area (Å²) in [5, 5.41) is 3.32. The number of esters is 1. The minimum Gasteiger partial charge on any atom is -0.460 e. The molecule has 1 heterocycles. The Balaban J connectivity index is 1.56. The molecule has 1 aromatic rings. The van der Waals surface area contributed by atoms with Gasteiger partial charge in [-0.05, 0) is 36.8 Å². The third-order valence-corrected chi connectivity index (χ3v) is 4.22. The van der Waals surface area contributed by atoms with Crippen molar-refractivity contribution in [2.24, 2.45) is 11.8 Å². The summed E-state index contributed by atoms with van der Waals surface area (Å²) in [7, 11) is 0. The summed E-state index contributed by atoms with van der Waals surface area (Å²) in [5.74, 6) is 1.13. The van der Waals surface area contributed by atoms with Gasteiger partial charge in [-0.25, -0.2) is 0 Å². The molecule has 0 aromatic heterocycles. The summed E-state index contributed by atoms with van der Waals surface area (Å²) in [6.45, 7) is 1.37. The molecule has 18 heavy (non-hydrogen) atoms. The van der Waals surface area contributed by atoms with Gasteiger partial charge in [0.15, 0.2) is 0 Å². The first-order valence-electron chi connectivity index (χ1n) is 6.78. The number of rotatable bonds is 3. The summed E-state index contributed by atoms with van der Waals surface area (Å²) in [5.41, 5.74) is 1.05. The van der Waals surface area contributed by atoms with Crippen molar-refractivity contribution in [3.05, 3.63) is 35.9 Å². The Bertz CT molecular complexity index is 418. The zero-order chi connectivity index (χ0) is 12.4. The molecule has 1 aromatic carbocycles. The number of carbonyl (C=O) groups excluding carboxylic acids is 1. The molecule has 3 rings (SSSR count). The van der Waals surface area contributed by atoms with E-state index in [1.165, 1.54) is 19.3 Å². The zero-order valence-corrected chi connectivity index (χ0v) is 10.5. The van der Waals surface area contributed by atoms with Crippen LogP contribution in [0.5, 0.6) is 0 Å². The fraction of sp³-hybridized carbons (Fsp3) is 0.533. The molecule has 3 heteroatoms. The Morgan fingerprint density at radius 3 is 2.94 bits per heavy atom. The van der Waals surface area contributed by atoms with Gasteiger partial charge < -0.3 is 10.1 Å². The lowest BCUT2D eigenvalue weighted by Gasteiger charge is -2.16. The monoisotopic (exact) mass is 245 g/mol. The number of fused-ring (bicyclic) bond motifs is 1. The summed E-state index contributed by atoms with van der Waals surface area (Å²) in [4.78, 5) is 12.1. The topological polar surface area (TPSA) is 38.3 Å². The Labute approximate surface area is 108 Å². The molecule has 1 aliphatic carbocycles. The number of hydrogen-bond donors (Lipinski definition) is 1. The molecule has 3 unspecified atom stereocenters.